The molecule has 4 aromatic rings. The molecule has 0 radical (unpaired) electrons. The van der Waals surface area contributed by atoms with Crippen LogP contribution in [0.15, 0.2) is 55.2 Å². The Bertz CT molecular complexity index is 1230. The standard InChI is InChI=1S/C21H16F2N6O/c22-15-4-2-5-16(23)20(15)27-21(30)17-10-29-18-9-14(28-11-24-25-12-28)8-7-13(18)3-1-6-19(29)26-17/h2,4-5,7-12H,1,3,6H2,(H,27,30). The van der Waals surface area contributed by atoms with Gasteiger partial charge in [0.1, 0.15) is 41.5 Å². The number of carbonyl (C=O) groups excluding carboxylic acids is 1. The van der Waals surface area contributed by atoms with E-state index in [1.807, 2.05) is 22.8 Å². The number of anilines is 1. The molecule has 0 spiro atoms. The highest BCUT2D eigenvalue weighted by molar-refractivity contribution is 6.03. The highest BCUT2D eigenvalue weighted by Gasteiger charge is 2.21. The minimum atomic E-state index is -0.840. The molecule has 0 aliphatic carbocycles. The first-order valence-corrected chi connectivity index (χ1v) is 9.42. The van der Waals surface area contributed by atoms with Crippen LogP contribution in [0.2, 0.25) is 0 Å². The lowest BCUT2D eigenvalue weighted by Gasteiger charge is -2.11. The Morgan fingerprint density at radius 1 is 1.03 bits per heavy atom. The van der Waals surface area contributed by atoms with Crippen molar-refractivity contribution in [3.63, 3.8) is 0 Å². The molecule has 1 aliphatic heterocycles. The third kappa shape index (κ3) is 3.14. The van der Waals surface area contributed by atoms with E-state index in [4.69, 9.17) is 0 Å². The molecule has 2 aromatic heterocycles. The predicted octanol–water partition coefficient (Wildman–Crippen LogP) is 3.47. The largest absolute Gasteiger partial charge is 0.316 e. The van der Waals surface area contributed by atoms with E-state index in [9.17, 15) is 13.6 Å². The second-order valence-corrected chi connectivity index (χ2v) is 7.00. The van der Waals surface area contributed by atoms with Crippen LogP contribution in [0, 0.1) is 11.6 Å². The number of para-hydroxylation sites is 1. The van der Waals surface area contributed by atoms with E-state index in [1.165, 1.54) is 6.07 Å². The van der Waals surface area contributed by atoms with E-state index < -0.39 is 23.2 Å². The minimum absolute atomic E-state index is 0.0928. The number of aromatic nitrogens is 5. The molecule has 5 rings (SSSR count). The first-order chi connectivity index (χ1) is 14.6. The number of hydrogen-bond acceptors (Lipinski definition) is 4. The zero-order chi connectivity index (χ0) is 20.7. The zero-order valence-electron chi connectivity index (χ0n) is 15.7. The van der Waals surface area contributed by atoms with E-state index in [2.05, 4.69) is 20.5 Å². The Morgan fingerprint density at radius 2 is 1.80 bits per heavy atom. The fourth-order valence-corrected chi connectivity index (χ4v) is 3.63. The van der Waals surface area contributed by atoms with E-state index >= 15 is 0 Å². The van der Waals surface area contributed by atoms with E-state index in [0.717, 1.165) is 41.9 Å². The number of hydrogen-bond donors (Lipinski definition) is 1. The van der Waals surface area contributed by atoms with Crippen LogP contribution in [-0.4, -0.2) is 30.2 Å². The molecule has 2 aromatic carbocycles. The summed E-state index contributed by atoms with van der Waals surface area (Å²) in [6.07, 6.45) is 7.24. The lowest BCUT2D eigenvalue weighted by atomic mass is 10.1. The van der Waals surface area contributed by atoms with Gasteiger partial charge in [0.05, 0.1) is 11.4 Å². The van der Waals surface area contributed by atoms with Gasteiger partial charge >= 0.3 is 0 Å². The van der Waals surface area contributed by atoms with E-state index in [-0.39, 0.29) is 5.69 Å². The third-order valence-corrected chi connectivity index (χ3v) is 5.10. The van der Waals surface area contributed by atoms with Gasteiger partial charge in [-0.05, 0) is 42.7 Å². The summed E-state index contributed by atoms with van der Waals surface area (Å²) in [5.41, 5.74) is 2.50. The average Bonchev–Trinajstić information content (AvgIpc) is 3.39. The van der Waals surface area contributed by atoms with Crippen LogP contribution in [0.3, 0.4) is 0 Å². The van der Waals surface area contributed by atoms with Gasteiger partial charge in [0, 0.05) is 12.6 Å². The number of halogens is 2. The third-order valence-electron chi connectivity index (χ3n) is 5.10. The maximum absolute atomic E-state index is 13.9. The highest BCUT2D eigenvalue weighted by Crippen LogP contribution is 2.27. The van der Waals surface area contributed by atoms with Gasteiger partial charge < -0.3 is 9.88 Å². The Kier molecular flexibility index (Phi) is 4.35. The molecule has 7 nitrogen and oxygen atoms in total. The number of nitrogens with zero attached hydrogens (tertiary/aromatic N) is 5. The molecule has 0 bridgehead atoms. The van der Waals surface area contributed by atoms with Crippen LogP contribution < -0.4 is 5.32 Å². The van der Waals surface area contributed by atoms with E-state index in [0.29, 0.717) is 12.2 Å². The van der Waals surface area contributed by atoms with Crippen molar-refractivity contribution in [2.45, 2.75) is 19.3 Å². The molecule has 1 aliphatic rings. The van der Waals surface area contributed by atoms with Crippen molar-refractivity contribution in [3.05, 3.63) is 84.0 Å². The number of aryl methyl sites for hydroxylation is 2. The lowest BCUT2D eigenvalue weighted by Crippen LogP contribution is -2.15. The maximum Gasteiger partial charge on any atom is 0.276 e. The SMILES string of the molecule is O=C(Nc1c(F)cccc1F)c1cn2c(n1)CCCc1ccc(-n3cnnc3)cc1-2. The molecule has 0 fully saturated rings. The molecular formula is C21H16F2N6O. The van der Waals surface area contributed by atoms with E-state index in [1.54, 1.807) is 23.4 Å². The number of nitrogens with one attached hydrogen (secondary N) is 1. The Hall–Kier alpha value is -3.88. The maximum atomic E-state index is 13.9. The van der Waals surface area contributed by atoms with Gasteiger partial charge in [0.25, 0.3) is 5.91 Å². The molecule has 0 atom stereocenters. The molecule has 30 heavy (non-hydrogen) atoms. The van der Waals surface area contributed by atoms with Crippen molar-refractivity contribution in [1.82, 2.24) is 24.3 Å². The smallest absolute Gasteiger partial charge is 0.276 e. The second-order valence-electron chi connectivity index (χ2n) is 7.00. The van der Waals surface area contributed by atoms with Gasteiger partial charge in [0.15, 0.2) is 0 Å². The topological polar surface area (TPSA) is 77.6 Å². The summed E-state index contributed by atoms with van der Waals surface area (Å²) >= 11 is 0. The molecule has 1 amide bonds. The van der Waals surface area contributed by atoms with Gasteiger partial charge in [-0.3, -0.25) is 9.36 Å². The number of carbonyl (C=O) groups is 1. The van der Waals surface area contributed by atoms with Crippen LogP contribution in [0.5, 0.6) is 0 Å². The Labute approximate surface area is 170 Å². The molecule has 9 heteroatoms. The van der Waals surface area contributed by atoms with Crippen molar-refractivity contribution < 1.29 is 13.6 Å². The normalized spacial score (nSPS) is 12.7. The summed E-state index contributed by atoms with van der Waals surface area (Å²) in [4.78, 5) is 17.1. The van der Waals surface area contributed by atoms with Crippen LogP contribution in [0.1, 0.15) is 28.3 Å². The van der Waals surface area contributed by atoms with Gasteiger partial charge in [-0.25, -0.2) is 13.8 Å². The summed E-state index contributed by atoms with van der Waals surface area (Å²) in [5, 5.41) is 9.96. The Morgan fingerprint density at radius 3 is 2.57 bits per heavy atom. The lowest BCUT2D eigenvalue weighted by molar-refractivity contribution is 0.102. The number of rotatable bonds is 3. The second kappa shape index (κ2) is 7.18. The molecule has 1 N–H and O–H groups in total. The van der Waals surface area contributed by atoms with Gasteiger partial charge in [-0.15, -0.1) is 10.2 Å². The Balaban J connectivity index is 1.53. The first kappa shape index (κ1) is 18.2. The molecule has 0 saturated heterocycles. The monoisotopic (exact) mass is 406 g/mol. The van der Waals surface area contributed by atoms with Crippen LogP contribution in [0.4, 0.5) is 14.5 Å². The van der Waals surface area contributed by atoms with Gasteiger partial charge in [-0.1, -0.05) is 12.1 Å². The summed E-state index contributed by atoms with van der Waals surface area (Å²) < 4.78 is 31.4. The summed E-state index contributed by atoms with van der Waals surface area (Å²) in [6, 6.07) is 9.41. The van der Waals surface area contributed by atoms with Crippen LogP contribution in [-0.2, 0) is 12.8 Å². The van der Waals surface area contributed by atoms with Crippen molar-refractivity contribution in [2.75, 3.05) is 5.32 Å². The van der Waals surface area contributed by atoms with Crippen molar-refractivity contribution in [2.24, 2.45) is 0 Å². The quantitative estimate of drug-likeness (QED) is 0.565. The highest BCUT2D eigenvalue weighted by atomic mass is 19.1. The van der Waals surface area contributed by atoms with Gasteiger partial charge in [0.2, 0.25) is 0 Å². The molecule has 0 saturated carbocycles. The van der Waals surface area contributed by atoms with Crippen molar-refractivity contribution in [1.29, 1.82) is 0 Å². The molecule has 3 heterocycles. The summed E-state index contributed by atoms with van der Waals surface area (Å²) in [6.45, 7) is 0. The molecule has 150 valence electrons. The van der Waals surface area contributed by atoms with Crippen molar-refractivity contribution >= 4 is 11.6 Å². The molecule has 0 unspecified atom stereocenters. The fraction of sp³-hybridized carbons (Fsp3) is 0.143. The number of benzene rings is 2. The fourth-order valence-electron chi connectivity index (χ4n) is 3.63. The van der Waals surface area contributed by atoms with Crippen molar-refractivity contribution in [3.8, 4) is 11.4 Å². The average molecular weight is 406 g/mol. The zero-order valence-corrected chi connectivity index (χ0v) is 15.7. The van der Waals surface area contributed by atoms with Gasteiger partial charge in [-0.2, -0.15) is 0 Å². The summed E-state index contributed by atoms with van der Waals surface area (Å²) in [7, 11) is 0. The predicted molar refractivity (Wildman–Crippen MR) is 105 cm³/mol. The summed E-state index contributed by atoms with van der Waals surface area (Å²) in [5.74, 6) is -1.63. The first-order valence-electron chi connectivity index (χ1n) is 9.42. The minimum Gasteiger partial charge on any atom is -0.316 e. The van der Waals surface area contributed by atoms with Crippen LogP contribution >= 0.6 is 0 Å². The number of fused-ring (bicyclic) bond motifs is 3. The molecular weight excluding hydrogens is 390 g/mol. The number of amides is 1. The van der Waals surface area contributed by atoms with Crippen LogP contribution in [0.25, 0.3) is 11.4 Å². The number of imidazole rings is 1.